The van der Waals surface area contributed by atoms with Crippen molar-refractivity contribution in [2.75, 3.05) is 5.32 Å². The molecule has 0 atom stereocenters. The van der Waals surface area contributed by atoms with Crippen molar-refractivity contribution < 1.29 is 9.18 Å². The van der Waals surface area contributed by atoms with E-state index in [0.717, 1.165) is 11.8 Å². The SMILES string of the molecule is O=C(Nc1cccc(-n2cnnc2)c1)c1ccc(F)nc1. The van der Waals surface area contributed by atoms with E-state index in [1.165, 1.54) is 12.3 Å². The maximum Gasteiger partial charge on any atom is 0.257 e. The second-order valence-electron chi connectivity index (χ2n) is 4.24. The first-order chi connectivity index (χ1) is 10.2. The summed E-state index contributed by atoms with van der Waals surface area (Å²) in [5.41, 5.74) is 1.71. The molecule has 0 unspecified atom stereocenters. The Kier molecular flexibility index (Phi) is 3.38. The highest BCUT2D eigenvalue weighted by atomic mass is 19.1. The number of nitrogens with zero attached hydrogens (tertiary/aromatic N) is 4. The van der Waals surface area contributed by atoms with Crippen molar-refractivity contribution in [3.63, 3.8) is 0 Å². The molecule has 0 saturated heterocycles. The van der Waals surface area contributed by atoms with Gasteiger partial charge in [-0.25, -0.2) is 4.98 Å². The smallest absolute Gasteiger partial charge is 0.257 e. The summed E-state index contributed by atoms with van der Waals surface area (Å²) in [7, 11) is 0. The van der Waals surface area contributed by atoms with E-state index in [4.69, 9.17) is 0 Å². The molecule has 0 aliphatic rings. The lowest BCUT2D eigenvalue weighted by Gasteiger charge is -2.07. The van der Waals surface area contributed by atoms with Crippen LogP contribution in [0.1, 0.15) is 10.4 Å². The molecule has 104 valence electrons. The van der Waals surface area contributed by atoms with Crippen LogP contribution in [-0.4, -0.2) is 25.7 Å². The fourth-order valence-corrected chi connectivity index (χ4v) is 1.79. The maximum atomic E-state index is 12.7. The summed E-state index contributed by atoms with van der Waals surface area (Å²) in [6.07, 6.45) is 4.31. The largest absolute Gasteiger partial charge is 0.322 e. The minimum absolute atomic E-state index is 0.283. The van der Waals surface area contributed by atoms with Crippen LogP contribution in [0.5, 0.6) is 0 Å². The van der Waals surface area contributed by atoms with Crippen LogP contribution in [0, 0.1) is 5.95 Å². The normalized spacial score (nSPS) is 10.3. The number of nitrogens with one attached hydrogen (secondary N) is 1. The first kappa shape index (κ1) is 12.9. The second-order valence-corrected chi connectivity index (χ2v) is 4.24. The highest BCUT2D eigenvalue weighted by Crippen LogP contribution is 2.15. The van der Waals surface area contributed by atoms with Gasteiger partial charge < -0.3 is 5.32 Å². The Labute approximate surface area is 119 Å². The molecule has 2 heterocycles. The Hall–Kier alpha value is -3.09. The van der Waals surface area contributed by atoms with E-state index >= 15 is 0 Å². The van der Waals surface area contributed by atoms with Gasteiger partial charge in [0.15, 0.2) is 0 Å². The molecular formula is C14H10FN5O. The molecular weight excluding hydrogens is 273 g/mol. The minimum Gasteiger partial charge on any atom is -0.322 e. The fourth-order valence-electron chi connectivity index (χ4n) is 1.79. The molecule has 6 nitrogen and oxygen atoms in total. The number of rotatable bonds is 3. The molecule has 0 bridgehead atoms. The lowest BCUT2D eigenvalue weighted by Crippen LogP contribution is -2.12. The number of amides is 1. The highest BCUT2D eigenvalue weighted by Gasteiger charge is 2.07. The van der Waals surface area contributed by atoms with E-state index in [1.54, 1.807) is 35.4 Å². The van der Waals surface area contributed by atoms with Crippen molar-refractivity contribution in [2.24, 2.45) is 0 Å². The molecule has 0 fully saturated rings. The summed E-state index contributed by atoms with van der Waals surface area (Å²) in [5.74, 6) is -0.982. The number of pyridine rings is 1. The molecule has 1 aromatic carbocycles. The topological polar surface area (TPSA) is 72.7 Å². The quantitative estimate of drug-likeness (QED) is 0.747. The van der Waals surface area contributed by atoms with E-state index < -0.39 is 5.95 Å². The zero-order valence-corrected chi connectivity index (χ0v) is 10.8. The number of hydrogen-bond acceptors (Lipinski definition) is 4. The molecule has 3 aromatic rings. The summed E-state index contributed by atoms with van der Waals surface area (Å²) >= 11 is 0. The molecule has 0 aliphatic heterocycles. The molecule has 0 saturated carbocycles. The first-order valence-electron chi connectivity index (χ1n) is 6.10. The van der Waals surface area contributed by atoms with Crippen LogP contribution in [0.4, 0.5) is 10.1 Å². The van der Waals surface area contributed by atoms with Crippen LogP contribution < -0.4 is 5.32 Å². The van der Waals surface area contributed by atoms with E-state index in [-0.39, 0.29) is 11.5 Å². The number of carbonyl (C=O) groups excluding carboxylic acids is 1. The summed E-state index contributed by atoms with van der Waals surface area (Å²) in [6, 6.07) is 9.71. The number of halogens is 1. The Morgan fingerprint density at radius 1 is 1.14 bits per heavy atom. The first-order valence-corrected chi connectivity index (χ1v) is 6.10. The van der Waals surface area contributed by atoms with Gasteiger partial charge in [0.2, 0.25) is 5.95 Å². The third kappa shape index (κ3) is 2.92. The molecule has 1 N–H and O–H groups in total. The van der Waals surface area contributed by atoms with Crippen molar-refractivity contribution in [1.29, 1.82) is 0 Å². The van der Waals surface area contributed by atoms with Crippen molar-refractivity contribution in [3.8, 4) is 5.69 Å². The number of benzene rings is 1. The monoisotopic (exact) mass is 283 g/mol. The van der Waals surface area contributed by atoms with Gasteiger partial charge in [-0.05, 0) is 30.3 Å². The van der Waals surface area contributed by atoms with E-state index in [1.807, 2.05) is 6.07 Å². The molecule has 3 rings (SSSR count). The predicted octanol–water partition coefficient (Wildman–Crippen LogP) is 2.05. The van der Waals surface area contributed by atoms with Crippen LogP contribution in [-0.2, 0) is 0 Å². The van der Waals surface area contributed by atoms with Crippen LogP contribution in [0.3, 0.4) is 0 Å². The highest BCUT2D eigenvalue weighted by molar-refractivity contribution is 6.04. The lowest BCUT2D eigenvalue weighted by molar-refractivity contribution is 0.102. The van der Waals surface area contributed by atoms with Gasteiger partial charge in [-0.2, -0.15) is 4.39 Å². The average molecular weight is 283 g/mol. The van der Waals surface area contributed by atoms with Gasteiger partial charge in [0.25, 0.3) is 5.91 Å². The zero-order chi connectivity index (χ0) is 14.7. The van der Waals surface area contributed by atoms with E-state index in [2.05, 4.69) is 20.5 Å². The van der Waals surface area contributed by atoms with Gasteiger partial charge in [-0.1, -0.05) is 6.07 Å². The zero-order valence-electron chi connectivity index (χ0n) is 10.8. The number of hydrogen-bond donors (Lipinski definition) is 1. The summed E-state index contributed by atoms with van der Waals surface area (Å²) in [4.78, 5) is 15.5. The van der Waals surface area contributed by atoms with Crippen LogP contribution in [0.2, 0.25) is 0 Å². The van der Waals surface area contributed by atoms with Gasteiger partial charge in [-0.15, -0.1) is 10.2 Å². The van der Waals surface area contributed by atoms with Gasteiger partial charge in [-0.3, -0.25) is 9.36 Å². The number of carbonyl (C=O) groups is 1. The third-order valence-electron chi connectivity index (χ3n) is 2.81. The summed E-state index contributed by atoms with van der Waals surface area (Å²) in [5, 5.41) is 10.2. The predicted molar refractivity (Wildman–Crippen MR) is 73.5 cm³/mol. The fraction of sp³-hybridized carbons (Fsp3) is 0. The number of anilines is 1. The Bertz CT molecular complexity index is 755. The number of aromatic nitrogens is 4. The van der Waals surface area contributed by atoms with Crippen LogP contribution in [0.15, 0.2) is 55.2 Å². The third-order valence-corrected chi connectivity index (χ3v) is 2.81. The minimum atomic E-state index is -0.624. The van der Waals surface area contributed by atoms with Gasteiger partial charge in [0.1, 0.15) is 12.7 Å². The van der Waals surface area contributed by atoms with Crippen molar-refractivity contribution in [3.05, 3.63) is 66.8 Å². The molecule has 21 heavy (non-hydrogen) atoms. The summed E-state index contributed by atoms with van der Waals surface area (Å²) < 4.78 is 14.4. The average Bonchev–Trinajstić information content (AvgIpc) is 3.02. The van der Waals surface area contributed by atoms with E-state index in [0.29, 0.717) is 5.69 Å². The Morgan fingerprint density at radius 2 is 1.95 bits per heavy atom. The molecule has 0 spiro atoms. The Morgan fingerprint density at radius 3 is 2.67 bits per heavy atom. The van der Waals surface area contributed by atoms with Crippen LogP contribution in [0.25, 0.3) is 5.69 Å². The van der Waals surface area contributed by atoms with Crippen molar-refractivity contribution in [2.45, 2.75) is 0 Å². The molecule has 7 heteroatoms. The molecule has 0 aliphatic carbocycles. The van der Waals surface area contributed by atoms with Crippen molar-refractivity contribution >= 4 is 11.6 Å². The van der Waals surface area contributed by atoms with Gasteiger partial charge in [0, 0.05) is 11.9 Å². The van der Waals surface area contributed by atoms with Crippen LogP contribution >= 0.6 is 0 Å². The Balaban J connectivity index is 1.80. The lowest BCUT2D eigenvalue weighted by atomic mass is 10.2. The second kappa shape index (κ2) is 5.49. The molecule has 1 amide bonds. The maximum absolute atomic E-state index is 12.7. The van der Waals surface area contributed by atoms with Crippen molar-refractivity contribution in [1.82, 2.24) is 19.7 Å². The molecule has 0 radical (unpaired) electrons. The van der Waals surface area contributed by atoms with Gasteiger partial charge >= 0.3 is 0 Å². The standard InChI is InChI=1S/C14H10FN5O/c15-13-5-4-10(7-16-13)14(21)19-11-2-1-3-12(6-11)20-8-17-18-9-20/h1-9H,(H,19,21). The summed E-state index contributed by atoms with van der Waals surface area (Å²) in [6.45, 7) is 0. The molecule has 2 aromatic heterocycles. The van der Waals surface area contributed by atoms with Gasteiger partial charge in [0.05, 0.1) is 11.3 Å². The van der Waals surface area contributed by atoms with E-state index in [9.17, 15) is 9.18 Å².